The molecule has 108 valence electrons. The minimum Gasteiger partial charge on any atom is -0.307 e. The van der Waals surface area contributed by atoms with Crippen molar-refractivity contribution in [1.29, 1.82) is 0 Å². The Morgan fingerprint density at radius 2 is 2.00 bits per heavy atom. The minimum atomic E-state index is -4.12. The van der Waals surface area contributed by atoms with Crippen LogP contribution in [0.2, 0.25) is 0 Å². The van der Waals surface area contributed by atoms with E-state index in [1.807, 2.05) is 6.92 Å². The maximum absolute atomic E-state index is 12.1. The number of rotatable bonds is 4. The largest absolute Gasteiger partial charge is 0.401 e. The Bertz CT molecular complexity index is 245. The van der Waals surface area contributed by atoms with Crippen LogP contribution in [0.3, 0.4) is 0 Å². The minimum absolute atomic E-state index is 0.133. The predicted octanol–water partition coefficient (Wildman–Crippen LogP) is 1.55. The Labute approximate surface area is 107 Å². The summed E-state index contributed by atoms with van der Waals surface area (Å²) in [6.07, 6.45) is -3.05. The molecule has 1 N–H and O–H groups in total. The molecule has 1 rings (SSSR count). The van der Waals surface area contributed by atoms with Gasteiger partial charge in [0, 0.05) is 31.7 Å². The van der Waals surface area contributed by atoms with Crippen LogP contribution in [0.5, 0.6) is 0 Å². The van der Waals surface area contributed by atoms with E-state index in [4.69, 9.17) is 0 Å². The average Bonchev–Trinajstić information content (AvgIpc) is 2.37. The Morgan fingerprint density at radius 1 is 1.33 bits per heavy atom. The zero-order chi connectivity index (χ0) is 13.8. The zero-order valence-electron chi connectivity index (χ0n) is 11.4. The van der Waals surface area contributed by atoms with Gasteiger partial charge in [0.05, 0.1) is 6.54 Å². The van der Waals surface area contributed by atoms with E-state index >= 15 is 0 Å². The highest BCUT2D eigenvalue weighted by atomic mass is 19.4. The third-order valence-electron chi connectivity index (χ3n) is 3.43. The summed E-state index contributed by atoms with van der Waals surface area (Å²) < 4.78 is 36.2. The monoisotopic (exact) mass is 267 g/mol. The molecule has 0 aromatic carbocycles. The number of hydrogen-bond acceptors (Lipinski definition) is 3. The normalized spacial score (nSPS) is 26.0. The molecule has 18 heavy (non-hydrogen) atoms. The van der Waals surface area contributed by atoms with Crippen LogP contribution in [0.4, 0.5) is 13.2 Å². The van der Waals surface area contributed by atoms with Crippen molar-refractivity contribution in [2.24, 2.45) is 0 Å². The first kappa shape index (κ1) is 15.7. The average molecular weight is 267 g/mol. The molecule has 1 heterocycles. The second-order valence-electron chi connectivity index (χ2n) is 5.30. The Hall–Kier alpha value is -0.330. The van der Waals surface area contributed by atoms with Crippen LogP contribution in [-0.4, -0.2) is 67.8 Å². The van der Waals surface area contributed by atoms with Crippen LogP contribution >= 0.6 is 0 Å². The molecule has 0 aromatic heterocycles. The number of nitrogens with one attached hydrogen (secondary N) is 1. The summed E-state index contributed by atoms with van der Waals surface area (Å²) >= 11 is 0. The molecule has 0 bridgehead atoms. The van der Waals surface area contributed by atoms with Crippen LogP contribution in [0.1, 0.15) is 20.3 Å². The van der Waals surface area contributed by atoms with Crippen LogP contribution in [0, 0.1) is 0 Å². The predicted molar refractivity (Wildman–Crippen MR) is 66.7 cm³/mol. The van der Waals surface area contributed by atoms with E-state index in [-0.39, 0.29) is 6.04 Å². The smallest absolute Gasteiger partial charge is 0.307 e. The Kier molecular flexibility index (Phi) is 5.88. The first-order valence-electron chi connectivity index (χ1n) is 6.51. The summed E-state index contributed by atoms with van der Waals surface area (Å²) in [5.41, 5.74) is 0. The highest BCUT2D eigenvalue weighted by Crippen LogP contribution is 2.14. The van der Waals surface area contributed by atoms with Crippen molar-refractivity contribution >= 4 is 0 Å². The number of nitrogens with zero attached hydrogens (tertiary/aromatic N) is 2. The topological polar surface area (TPSA) is 18.5 Å². The van der Waals surface area contributed by atoms with E-state index in [2.05, 4.69) is 29.1 Å². The van der Waals surface area contributed by atoms with Crippen LogP contribution in [-0.2, 0) is 0 Å². The number of hydrogen-bond donors (Lipinski definition) is 1. The van der Waals surface area contributed by atoms with E-state index in [0.717, 1.165) is 26.1 Å². The highest BCUT2D eigenvalue weighted by molar-refractivity contribution is 4.80. The molecule has 2 atom stereocenters. The van der Waals surface area contributed by atoms with Gasteiger partial charge >= 0.3 is 6.18 Å². The molecule has 0 aromatic rings. The Balaban J connectivity index is 2.37. The summed E-state index contributed by atoms with van der Waals surface area (Å²) in [7, 11) is 2.09. The SMILES string of the molecule is CC(CNCC(F)(F)F)N1CCCN(C)CC1C. The van der Waals surface area contributed by atoms with E-state index in [1.54, 1.807) is 0 Å². The van der Waals surface area contributed by atoms with Crippen molar-refractivity contribution in [1.82, 2.24) is 15.1 Å². The van der Waals surface area contributed by atoms with Gasteiger partial charge in [0.25, 0.3) is 0 Å². The van der Waals surface area contributed by atoms with Crippen molar-refractivity contribution in [2.45, 2.75) is 38.5 Å². The molecule has 0 aliphatic carbocycles. The lowest BCUT2D eigenvalue weighted by atomic mass is 10.2. The summed E-state index contributed by atoms with van der Waals surface area (Å²) in [6.45, 7) is 6.60. The van der Waals surface area contributed by atoms with Gasteiger partial charge in [0.15, 0.2) is 0 Å². The first-order valence-corrected chi connectivity index (χ1v) is 6.51. The van der Waals surface area contributed by atoms with Gasteiger partial charge in [-0.1, -0.05) is 0 Å². The van der Waals surface area contributed by atoms with Gasteiger partial charge in [0.2, 0.25) is 0 Å². The van der Waals surface area contributed by atoms with Crippen molar-refractivity contribution < 1.29 is 13.2 Å². The molecule has 1 saturated heterocycles. The van der Waals surface area contributed by atoms with E-state index < -0.39 is 12.7 Å². The van der Waals surface area contributed by atoms with Crippen molar-refractivity contribution in [3.05, 3.63) is 0 Å². The molecule has 0 radical (unpaired) electrons. The lowest BCUT2D eigenvalue weighted by Gasteiger charge is -2.33. The first-order chi connectivity index (χ1) is 8.29. The van der Waals surface area contributed by atoms with Crippen molar-refractivity contribution in [3.8, 4) is 0 Å². The maximum atomic E-state index is 12.1. The van der Waals surface area contributed by atoms with Crippen LogP contribution < -0.4 is 5.32 Å². The fraction of sp³-hybridized carbons (Fsp3) is 1.00. The quantitative estimate of drug-likeness (QED) is 0.834. The summed E-state index contributed by atoms with van der Waals surface area (Å²) in [5, 5.41) is 2.49. The van der Waals surface area contributed by atoms with Gasteiger partial charge in [-0.15, -0.1) is 0 Å². The van der Waals surface area contributed by atoms with Gasteiger partial charge in [-0.2, -0.15) is 13.2 Å². The fourth-order valence-corrected chi connectivity index (χ4v) is 2.59. The van der Waals surface area contributed by atoms with Gasteiger partial charge in [0.1, 0.15) is 0 Å². The summed E-state index contributed by atoms with van der Waals surface area (Å²) in [5.74, 6) is 0. The van der Waals surface area contributed by atoms with E-state index in [9.17, 15) is 13.2 Å². The summed E-state index contributed by atoms with van der Waals surface area (Å²) in [4.78, 5) is 4.58. The van der Waals surface area contributed by atoms with E-state index in [0.29, 0.717) is 12.6 Å². The molecule has 0 saturated carbocycles. The standard InChI is InChI=1S/C12H24F3N3/c1-10(7-16-9-12(13,14)15)18-6-4-5-17(3)8-11(18)2/h10-11,16H,4-9H2,1-3H3. The number of likely N-dealkylation sites (N-methyl/N-ethyl adjacent to an activating group) is 1. The molecule has 1 aliphatic rings. The van der Waals surface area contributed by atoms with Crippen molar-refractivity contribution in [3.63, 3.8) is 0 Å². The molecule has 0 amide bonds. The van der Waals surface area contributed by atoms with Crippen molar-refractivity contribution in [2.75, 3.05) is 39.8 Å². The van der Waals surface area contributed by atoms with Gasteiger partial charge in [-0.3, -0.25) is 4.90 Å². The van der Waals surface area contributed by atoms with Gasteiger partial charge in [-0.05, 0) is 33.9 Å². The Morgan fingerprint density at radius 3 is 2.61 bits per heavy atom. The molecule has 3 nitrogen and oxygen atoms in total. The third-order valence-corrected chi connectivity index (χ3v) is 3.43. The molecule has 1 fully saturated rings. The molecule has 2 unspecified atom stereocenters. The van der Waals surface area contributed by atoms with E-state index in [1.165, 1.54) is 0 Å². The molecular weight excluding hydrogens is 243 g/mol. The second kappa shape index (κ2) is 6.73. The molecule has 0 spiro atoms. The summed E-state index contributed by atoms with van der Waals surface area (Å²) in [6, 6.07) is 0.522. The maximum Gasteiger partial charge on any atom is 0.401 e. The van der Waals surface area contributed by atoms with Crippen LogP contribution in [0.25, 0.3) is 0 Å². The lowest BCUT2D eigenvalue weighted by molar-refractivity contribution is -0.125. The van der Waals surface area contributed by atoms with Crippen LogP contribution in [0.15, 0.2) is 0 Å². The fourth-order valence-electron chi connectivity index (χ4n) is 2.59. The molecule has 6 heteroatoms. The van der Waals surface area contributed by atoms with Gasteiger partial charge in [-0.25, -0.2) is 0 Å². The molecule has 1 aliphatic heterocycles. The highest BCUT2D eigenvalue weighted by Gasteiger charge is 2.28. The third kappa shape index (κ3) is 5.54. The lowest BCUT2D eigenvalue weighted by Crippen LogP contribution is -2.48. The second-order valence-corrected chi connectivity index (χ2v) is 5.30. The number of alkyl halides is 3. The molecular formula is C12H24F3N3. The van der Waals surface area contributed by atoms with Gasteiger partial charge < -0.3 is 10.2 Å². The zero-order valence-corrected chi connectivity index (χ0v) is 11.4. The number of halogens is 3.